The average molecular weight is 514 g/mol. The minimum atomic E-state index is -1.12. The van der Waals surface area contributed by atoms with Crippen molar-refractivity contribution < 1.29 is 23.9 Å². The van der Waals surface area contributed by atoms with Crippen LogP contribution in [0.5, 0.6) is 11.5 Å². The standard InChI is InChI=1S/C27H39N5O5/c1-36-21-9-11-25(37-2)20(16-21)17-24(33)23(10-8-19-6-4-3-5-7-19)31-27(35)22(30)18-26(34)32(14-12-28)15-13-29/h3-7,9,11,16,22-23H,8,10,12-15,17-18,28-30H2,1-2H3,(H,31,35)/t22-,23-/m0/s1. The van der Waals surface area contributed by atoms with Gasteiger partial charge < -0.3 is 36.9 Å². The number of amides is 2. The van der Waals surface area contributed by atoms with E-state index in [1.165, 1.54) is 12.0 Å². The molecule has 202 valence electrons. The van der Waals surface area contributed by atoms with Crippen molar-refractivity contribution in [3.05, 3.63) is 59.7 Å². The Hall–Kier alpha value is -3.47. The molecule has 2 aromatic rings. The van der Waals surface area contributed by atoms with Crippen molar-refractivity contribution in [2.24, 2.45) is 17.2 Å². The zero-order valence-corrected chi connectivity index (χ0v) is 21.7. The zero-order chi connectivity index (χ0) is 27.2. The molecule has 0 bridgehead atoms. The van der Waals surface area contributed by atoms with E-state index in [-0.39, 0.29) is 37.6 Å². The van der Waals surface area contributed by atoms with Gasteiger partial charge in [0.1, 0.15) is 11.5 Å². The van der Waals surface area contributed by atoms with E-state index in [1.807, 2.05) is 30.3 Å². The number of methoxy groups -OCH3 is 2. The van der Waals surface area contributed by atoms with Gasteiger partial charge >= 0.3 is 0 Å². The van der Waals surface area contributed by atoms with Crippen LogP contribution in [0.4, 0.5) is 0 Å². The Morgan fingerprint density at radius 1 is 0.973 bits per heavy atom. The number of hydrogen-bond acceptors (Lipinski definition) is 8. The fourth-order valence-corrected chi connectivity index (χ4v) is 3.96. The number of nitrogens with two attached hydrogens (primary N) is 3. The Morgan fingerprint density at radius 3 is 2.24 bits per heavy atom. The largest absolute Gasteiger partial charge is 0.497 e. The molecule has 37 heavy (non-hydrogen) atoms. The smallest absolute Gasteiger partial charge is 0.238 e. The second-order valence-corrected chi connectivity index (χ2v) is 8.68. The molecule has 2 aromatic carbocycles. The van der Waals surface area contributed by atoms with Gasteiger partial charge in [-0.2, -0.15) is 0 Å². The fourth-order valence-electron chi connectivity index (χ4n) is 3.96. The summed E-state index contributed by atoms with van der Waals surface area (Å²) in [5, 5.41) is 2.78. The van der Waals surface area contributed by atoms with Crippen LogP contribution in [0.2, 0.25) is 0 Å². The fraction of sp³-hybridized carbons (Fsp3) is 0.444. The first-order valence-corrected chi connectivity index (χ1v) is 12.3. The van der Waals surface area contributed by atoms with E-state index in [1.54, 1.807) is 25.3 Å². The Bertz CT molecular complexity index is 1010. The van der Waals surface area contributed by atoms with Crippen molar-refractivity contribution in [3.63, 3.8) is 0 Å². The maximum Gasteiger partial charge on any atom is 0.238 e. The number of aryl methyl sites for hydroxylation is 1. The summed E-state index contributed by atoms with van der Waals surface area (Å²) < 4.78 is 10.7. The number of ketones is 1. The van der Waals surface area contributed by atoms with Crippen LogP contribution in [0.15, 0.2) is 48.5 Å². The van der Waals surface area contributed by atoms with E-state index in [0.717, 1.165) is 5.56 Å². The number of benzene rings is 2. The molecule has 10 nitrogen and oxygen atoms in total. The predicted octanol–water partition coefficient (Wildman–Crippen LogP) is 0.396. The number of nitrogens with zero attached hydrogens (tertiary/aromatic N) is 1. The number of nitrogens with one attached hydrogen (secondary N) is 1. The maximum atomic E-state index is 13.4. The molecule has 0 aliphatic heterocycles. The van der Waals surface area contributed by atoms with Gasteiger partial charge in [0.05, 0.1) is 32.7 Å². The highest BCUT2D eigenvalue weighted by Gasteiger charge is 2.27. The number of ether oxygens (including phenoxy) is 2. The molecule has 0 heterocycles. The molecule has 0 aromatic heterocycles. The van der Waals surface area contributed by atoms with Gasteiger partial charge in [-0.1, -0.05) is 30.3 Å². The Kier molecular flexibility index (Phi) is 12.5. The van der Waals surface area contributed by atoms with Crippen molar-refractivity contribution in [1.29, 1.82) is 0 Å². The van der Waals surface area contributed by atoms with Crippen molar-refractivity contribution in [1.82, 2.24) is 10.2 Å². The molecule has 0 aliphatic rings. The zero-order valence-electron chi connectivity index (χ0n) is 21.7. The van der Waals surface area contributed by atoms with Crippen LogP contribution in [-0.4, -0.2) is 75.0 Å². The van der Waals surface area contributed by atoms with Crippen LogP contribution in [0.3, 0.4) is 0 Å². The molecule has 0 spiro atoms. The first-order chi connectivity index (χ1) is 17.8. The summed E-state index contributed by atoms with van der Waals surface area (Å²) in [6, 6.07) is 13.0. The lowest BCUT2D eigenvalue weighted by Gasteiger charge is -2.24. The lowest BCUT2D eigenvalue weighted by molar-refractivity contribution is -0.134. The second-order valence-electron chi connectivity index (χ2n) is 8.68. The molecule has 0 saturated heterocycles. The topological polar surface area (TPSA) is 163 Å². The van der Waals surface area contributed by atoms with E-state index in [4.69, 9.17) is 26.7 Å². The van der Waals surface area contributed by atoms with Gasteiger partial charge in [0.2, 0.25) is 11.8 Å². The molecule has 10 heteroatoms. The van der Waals surface area contributed by atoms with E-state index >= 15 is 0 Å². The van der Waals surface area contributed by atoms with Gasteiger partial charge in [-0.3, -0.25) is 14.4 Å². The Labute approximate surface area is 218 Å². The molecule has 2 rings (SSSR count). The minimum absolute atomic E-state index is 0.0229. The molecule has 0 saturated carbocycles. The summed E-state index contributed by atoms with van der Waals surface area (Å²) in [5.74, 6) is 0.0462. The predicted molar refractivity (Wildman–Crippen MR) is 142 cm³/mol. The molecular weight excluding hydrogens is 474 g/mol. The highest BCUT2D eigenvalue weighted by Crippen LogP contribution is 2.25. The highest BCUT2D eigenvalue weighted by atomic mass is 16.5. The Balaban J connectivity index is 2.16. The average Bonchev–Trinajstić information content (AvgIpc) is 2.91. The summed E-state index contributed by atoms with van der Waals surface area (Å²) in [6.45, 7) is 1.20. The second kappa shape index (κ2) is 15.6. The number of rotatable bonds is 16. The van der Waals surface area contributed by atoms with Crippen LogP contribution in [-0.2, 0) is 27.2 Å². The summed E-state index contributed by atoms with van der Waals surface area (Å²) in [7, 11) is 3.07. The third-order valence-corrected chi connectivity index (χ3v) is 6.00. The third-order valence-electron chi connectivity index (χ3n) is 6.00. The van der Waals surface area contributed by atoms with Crippen molar-refractivity contribution in [3.8, 4) is 11.5 Å². The molecule has 2 atom stereocenters. The van der Waals surface area contributed by atoms with Crippen molar-refractivity contribution in [2.45, 2.75) is 37.8 Å². The number of Topliss-reactive ketones (excluding diaryl/α,β-unsaturated/α-hetero) is 1. The van der Waals surface area contributed by atoms with Gasteiger partial charge in [-0.05, 0) is 36.6 Å². The summed E-state index contributed by atoms with van der Waals surface area (Å²) >= 11 is 0. The van der Waals surface area contributed by atoms with Crippen LogP contribution in [0, 0.1) is 0 Å². The van der Waals surface area contributed by atoms with Crippen LogP contribution in [0.1, 0.15) is 24.0 Å². The van der Waals surface area contributed by atoms with E-state index in [9.17, 15) is 14.4 Å². The lowest BCUT2D eigenvalue weighted by atomic mass is 9.96. The van der Waals surface area contributed by atoms with Crippen molar-refractivity contribution >= 4 is 17.6 Å². The van der Waals surface area contributed by atoms with Gasteiger partial charge in [0.25, 0.3) is 0 Å². The van der Waals surface area contributed by atoms with E-state index in [0.29, 0.717) is 43.0 Å². The molecule has 7 N–H and O–H groups in total. The molecule has 2 amide bonds. The van der Waals surface area contributed by atoms with Crippen LogP contribution >= 0.6 is 0 Å². The molecule has 0 fully saturated rings. The molecule has 0 unspecified atom stereocenters. The van der Waals surface area contributed by atoms with E-state index < -0.39 is 18.0 Å². The molecule has 0 aliphatic carbocycles. The number of carbonyl (C=O) groups is 3. The number of carbonyl (C=O) groups excluding carboxylic acids is 3. The van der Waals surface area contributed by atoms with Crippen LogP contribution in [0.25, 0.3) is 0 Å². The van der Waals surface area contributed by atoms with Gasteiger partial charge in [-0.15, -0.1) is 0 Å². The summed E-state index contributed by atoms with van der Waals surface area (Å²) in [5.41, 5.74) is 18.9. The Morgan fingerprint density at radius 2 is 1.65 bits per heavy atom. The maximum absolute atomic E-state index is 13.4. The highest BCUT2D eigenvalue weighted by molar-refractivity contribution is 5.94. The summed E-state index contributed by atoms with van der Waals surface area (Å²) in [6.07, 6.45) is 0.750. The lowest BCUT2D eigenvalue weighted by Crippen LogP contribution is -2.51. The van der Waals surface area contributed by atoms with E-state index in [2.05, 4.69) is 5.32 Å². The summed E-state index contributed by atoms with van der Waals surface area (Å²) in [4.78, 5) is 40.5. The van der Waals surface area contributed by atoms with Crippen LogP contribution < -0.4 is 32.0 Å². The van der Waals surface area contributed by atoms with Gasteiger partial charge in [0, 0.05) is 38.2 Å². The molecule has 0 radical (unpaired) electrons. The minimum Gasteiger partial charge on any atom is -0.497 e. The van der Waals surface area contributed by atoms with Crippen molar-refractivity contribution in [2.75, 3.05) is 40.4 Å². The number of hydrogen-bond donors (Lipinski definition) is 4. The van der Waals surface area contributed by atoms with Gasteiger partial charge in [-0.25, -0.2) is 0 Å². The molecular formula is C27H39N5O5. The first-order valence-electron chi connectivity index (χ1n) is 12.3. The van der Waals surface area contributed by atoms with Gasteiger partial charge in [0.15, 0.2) is 5.78 Å². The first kappa shape index (κ1) is 29.8. The quantitative estimate of drug-likeness (QED) is 0.251. The third kappa shape index (κ3) is 9.49. The SMILES string of the molecule is COc1ccc(OC)c(CC(=O)[C@H](CCc2ccccc2)NC(=O)[C@@H](N)CC(=O)N(CCN)CCN)c1. The monoisotopic (exact) mass is 513 g/mol. The normalized spacial score (nSPS) is 12.4.